The van der Waals surface area contributed by atoms with Crippen LogP contribution in [0.15, 0.2) is 12.4 Å². The van der Waals surface area contributed by atoms with Gasteiger partial charge in [0.1, 0.15) is 0 Å². The third-order valence-corrected chi connectivity index (χ3v) is 5.03. The second-order valence-corrected chi connectivity index (χ2v) is 7.08. The van der Waals surface area contributed by atoms with Gasteiger partial charge in [0.15, 0.2) is 0 Å². The van der Waals surface area contributed by atoms with Crippen LogP contribution in [0.4, 0.5) is 5.95 Å². The third kappa shape index (κ3) is 2.62. The molecule has 2 aliphatic heterocycles. The van der Waals surface area contributed by atoms with E-state index < -0.39 is 7.12 Å². The number of hydrogen-bond acceptors (Lipinski definition) is 6. The molecule has 0 spiro atoms. The van der Waals surface area contributed by atoms with E-state index in [1.807, 2.05) is 27.7 Å². The molecule has 3 rings (SSSR count). The summed E-state index contributed by atoms with van der Waals surface area (Å²) < 4.78 is 12.0. The molecule has 6 nitrogen and oxygen atoms in total. The number of rotatable bonds is 3. The Morgan fingerprint density at radius 3 is 2.36 bits per heavy atom. The highest BCUT2D eigenvalue weighted by Crippen LogP contribution is 2.36. The fraction of sp³-hybridized carbons (Fsp3) is 0.733. The van der Waals surface area contributed by atoms with Crippen LogP contribution in [0, 0.1) is 0 Å². The molecule has 0 aromatic carbocycles. The van der Waals surface area contributed by atoms with Crippen molar-refractivity contribution in [1.82, 2.24) is 9.97 Å². The lowest BCUT2D eigenvalue weighted by molar-refractivity contribution is 0.00578. The van der Waals surface area contributed by atoms with Gasteiger partial charge in [-0.3, -0.25) is 0 Å². The smallest absolute Gasteiger partial charge is 0.399 e. The maximum Gasteiger partial charge on any atom is 0.498 e. The fourth-order valence-electron chi connectivity index (χ4n) is 2.87. The molecule has 0 bridgehead atoms. The van der Waals surface area contributed by atoms with E-state index in [0.29, 0.717) is 5.95 Å². The second kappa shape index (κ2) is 5.47. The van der Waals surface area contributed by atoms with Crippen LogP contribution in [0.5, 0.6) is 0 Å². The first-order chi connectivity index (χ1) is 10.3. The summed E-state index contributed by atoms with van der Waals surface area (Å²) >= 11 is 0. The minimum atomic E-state index is -0.439. The Balaban J connectivity index is 1.75. The normalized spacial score (nSPS) is 26.7. The average Bonchev–Trinajstić information content (AvgIpc) is 3.02. The maximum absolute atomic E-state index is 9.40. The Labute approximate surface area is 132 Å². The van der Waals surface area contributed by atoms with Gasteiger partial charge in [-0.05, 0) is 40.5 Å². The number of aliphatic hydroxyl groups excluding tert-OH is 1. The van der Waals surface area contributed by atoms with Crippen LogP contribution in [-0.2, 0) is 9.31 Å². The highest BCUT2D eigenvalue weighted by atomic mass is 16.7. The molecule has 0 saturated carbocycles. The van der Waals surface area contributed by atoms with E-state index in [9.17, 15) is 5.11 Å². The largest absolute Gasteiger partial charge is 0.498 e. The molecule has 1 aromatic rings. The first-order valence-electron chi connectivity index (χ1n) is 7.89. The zero-order chi connectivity index (χ0) is 16.0. The van der Waals surface area contributed by atoms with Crippen LogP contribution in [0.1, 0.15) is 40.5 Å². The number of aliphatic hydroxyl groups is 1. The summed E-state index contributed by atoms with van der Waals surface area (Å²) in [6.45, 7) is 9.14. The van der Waals surface area contributed by atoms with Crippen LogP contribution in [-0.4, -0.2) is 52.6 Å². The van der Waals surface area contributed by atoms with Crippen molar-refractivity contribution in [3.05, 3.63) is 12.4 Å². The molecule has 0 amide bonds. The van der Waals surface area contributed by atoms with Crippen molar-refractivity contribution in [3.63, 3.8) is 0 Å². The molecule has 2 aliphatic rings. The van der Waals surface area contributed by atoms with Crippen molar-refractivity contribution in [1.29, 1.82) is 0 Å². The molecule has 0 aliphatic carbocycles. The van der Waals surface area contributed by atoms with Crippen molar-refractivity contribution in [2.24, 2.45) is 0 Å². The number of nitrogens with zero attached hydrogens (tertiary/aromatic N) is 3. The number of aromatic nitrogens is 2. The van der Waals surface area contributed by atoms with Gasteiger partial charge in [-0.2, -0.15) is 0 Å². The Kier molecular flexibility index (Phi) is 3.91. The first kappa shape index (κ1) is 15.7. The molecule has 1 N–H and O–H groups in total. The van der Waals surface area contributed by atoms with Crippen LogP contribution < -0.4 is 10.4 Å². The summed E-state index contributed by atoms with van der Waals surface area (Å²) in [6, 6.07) is 0.127. The van der Waals surface area contributed by atoms with Crippen LogP contribution in [0.2, 0.25) is 0 Å². The zero-order valence-corrected chi connectivity index (χ0v) is 13.7. The van der Waals surface area contributed by atoms with Crippen molar-refractivity contribution in [2.45, 2.75) is 57.8 Å². The summed E-state index contributed by atoms with van der Waals surface area (Å²) in [5.41, 5.74) is 0.0859. The van der Waals surface area contributed by atoms with Gasteiger partial charge in [0.2, 0.25) is 5.95 Å². The summed E-state index contributed by atoms with van der Waals surface area (Å²) in [4.78, 5) is 10.9. The summed E-state index contributed by atoms with van der Waals surface area (Å²) in [6.07, 6.45) is 5.57. The number of hydrogen-bond donors (Lipinski definition) is 1. The number of anilines is 1. The molecular formula is C15H24BN3O3. The summed E-state index contributed by atoms with van der Waals surface area (Å²) in [7, 11) is -0.439. The van der Waals surface area contributed by atoms with E-state index in [1.54, 1.807) is 12.4 Å². The quantitative estimate of drug-likeness (QED) is 0.831. The van der Waals surface area contributed by atoms with Gasteiger partial charge in [-0.25, -0.2) is 9.97 Å². The summed E-state index contributed by atoms with van der Waals surface area (Å²) in [5, 5.41) is 9.40. The lowest BCUT2D eigenvalue weighted by Crippen LogP contribution is -2.41. The molecule has 3 heterocycles. The molecule has 1 atom stereocenters. The lowest BCUT2D eigenvalue weighted by Gasteiger charge is -2.32. The molecule has 1 aromatic heterocycles. The van der Waals surface area contributed by atoms with Gasteiger partial charge in [0, 0.05) is 24.4 Å². The molecule has 1 unspecified atom stereocenters. The van der Waals surface area contributed by atoms with Gasteiger partial charge in [0.25, 0.3) is 0 Å². The molecule has 22 heavy (non-hydrogen) atoms. The Hall–Kier alpha value is -1.18. The van der Waals surface area contributed by atoms with Gasteiger partial charge in [-0.1, -0.05) is 0 Å². The summed E-state index contributed by atoms with van der Waals surface area (Å²) in [5.74, 6) is 0.664. The second-order valence-electron chi connectivity index (χ2n) is 7.08. The van der Waals surface area contributed by atoms with E-state index in [-0.39, 0.29) is 23.9 Å². The molecular weight excluding hydrogens is 281 g/mol. The Morgan fingerprint density at radius 1 is 1.23 bits per heavy atom. The Morgan fingerprint density at radius 2 is 1.82 bits per heavy atom. The molecule has 0 radical (unpaired) electrons. The highest BCUT2D eigenvalue weighted by Gasteiger charge is 2.52. The van der Waals surface area contributed by atoms with E-state index in [0.717, 1.165) is 24.8 Å². The van der Waals surface area contributed by atoms with Crippen molar-refractivity contribution < 1.29 is 14.4 Å². The monoisotopic (exact) mass is 305 g/mol. The van der Waals surface area contributed by atoms with Crippen LogP contribution in [0.25, 0.3) is 0 Å². The third-order valence-electron chi connectivity index (χ3n) is 5.03. The lowest BCUT2D eigenvalue weighted by atomic mass is 9.81. The van der Waals surface area contributed by atoms with E-state index in [2.05, 4.69) is 14.9 Å². The maximum atomic E-state index is 9.40. The fourth-order valence-corrected chi connectivity index (χ4v) is 2.87. The van der Waals surface area contributed by atoms with Crippen molar-refractivity contribution in [3.8, 4) is 0 Å². The van der Waals surface area contributed by atoms with Gasteiger partial charge >= 0.3 is 7.12 Å². The van der Waals surface area contributed by atoms with Crippen molar-refractivity contribution >= 4 is 18.5 Å². The molecule has 2 saturated heterocycles. The predicted molar refractivity (Wildman–Crippen MR) is 85.2 cm³/mol. The standard InChI is InChI=1S/C15H24BN3O3/c1-14(2)15(3,4)22-16(21-14)11-8-17-13(18-9-11)19-7-5-6-12(19)10-20/h8-9,12,20H,5-7,10H2,1-4H3. The van der Waals surface area contributed by atoms with Gasteiger partial charge in [-0.15, -0.1) is 0 Å². The van der Waals surface area contributed by atoms with E-state index in [1.165, 1.54) is 0 Å². The van der Waals surface area contributed by atoms with Gasteiger partial charge in [0.05, 0.1) is 23.9 Å². The SMILES string of the molecule is CC1(C)OB(c2cnc(N3CCCC3CO)nc2)OC1(C)C. The van der Waals surface area contributed by atoms with E-state index in [4.69, 9.17) is 9.31 Å². The minimum absolute atomic E-state index is 0.127. The molecule has 120 valence electrons. The topological polar surface area (TPSA) is 67.7 Å². The van der Waals surface area contributed by atoms with Crippen LogP contribution in [0.3, 0.4) is 0 Å². The molecule has 2 fully saturated rings. The predicted octanol–water partition coefficient (Wildman–Crippen LogP) is 0.737. The van der Waals surface area contributed by atoms with Crippen LogP contribution >= 0.6 is 0 Å². The average molecular weight is 305 g/mol. The first-order valence-corrected chi connectivity index (χ1v) is 7.89. The Bertz CT molecular complexity index is 519. The minimum Gasteiger partial charge on any atom is -0.399 e. The molecule has 7 heteroatoms. The highest BCUT2D eigenvalue weighted by molar-refractivity contribution is 6.61. The van der Waals surface area contributed by atoms with Crippen molar-refractivity contribution in [2.75, 3.05) is 18.1 Å². The zero-order valence-electron chi connectivity index (χ0n) is 13.7. The van der Waals surface area contributed by atoms with Gasteiger partial charge < -0.3 is 19.3 Å². The van der Waals surface area contributed by atoms with E-state index >= 15 is 0 Å².